The van der Waals surface area contributed by atoms with Gasteiger partial charge in [-0.1, -0.05) is 12.1 Å². The van der Waals surface area contributed by atoms with Crippen LogP contribution < -0.4 is 5.48 Å². The zero-order valence-electron chi connectivity index (χ0n) is 12.1. The molecule has 0 bridgehead atoms. The number of carboxylic acids is 1. The van der Waals surface area contributed by atoms with Crippen molar-refractivity contribution in [2.75, 3.05) is 6.61 Å². The van der Waals surface area contributed by atoms with Gasteiger partial charge in [0.05, 0.1) is 6.61 Å². The molecule has 1 atom stereocenters. The lowest BCUT2D eigenvalue weighted by atomic mass is 10.0. The third-order valence-corrected chi connectivity index (χ3v) is 2.35. The SMILES string of the molecule is CC(C)(C)OC(=O)NOCC(C(=O)O)c1cccc(F)c1. The fourth-order valence-electron chi connectivity index (χ4n) is 1.52. The van der Waals surface area contributed by atoms with Gasteiger partial charge in [-0.3, -0.25) is 9.63 Å². The maximum absolute atomic E-state index is 13.1. The van der Waals surface area contributed by atoms with Crippen molar-refractivity contribution in [2.45, 2.75) is 32.3 Å². The largest absolute Gasteiger partial charge is 0.481 e. The summed E-state index contributed by atoms with van der Waals surface area (Å²) in [6, 6.07) is 5.19. The van der Waals surface area contributed by atoms with Crippen molar-refractivity contribution >= 4 is 12.1 Å². The molecule has 116 valence electrons. The lowest BCUT2D eigenvalue weighted by molar-refractivity contribution is -0.141. The van der Waals surface area contributed by atoms with Gasteiger partial charge in [-0.2, -0.15) is 5.48 Å². The van der Waals surface area contributed by atoms with Crippen molar-refractivity contribution in [1.29, 1.82) is 0 Å². The summed E-state index contributed by atoms with van der Waals surface area (Å²) in [5.74, 6) is -2.83. The van der Waals surface area contributed by atoms with Crippen LogP contribution in [0.1, 0.15) is 32.3 Å². The Labute approximate surface area is 121 Å². The quantitative estimate of drug-likeness (QED) is 0.816. The monoisotopic (exact) mass is 299 g/mol. The normalized spacial score (nSPS) is 12.6. The zero-order valence-corrected chi connectivity index (χ0v) is 12.1. The number of rotatable bonds is 5. The molecule has 0 spiro atoms. The number of ether oxygens (including phenoxy) is 1. The van der Waals surface area contributed by atoms with Crippen molar-refractivity contribution in [3.05, 3.63) is 35.6 Å². The molecule has 1 amide bonds. The average Bonchev–Trinajstić information content (AvgIpc) is 2.31. The van der Waals surface area contributed by atoms with Crippen LogP contribution in [0, 0.1) is 5.82 Å². The van der Waals surface area contributed by atoms with Gasteiger partial charge in [0.2, 0.25) is 0 Å². The van der Waals surface area contributed by atoms with Gasteiger partial charge in [-0.05, 0) is 38.5 Å². The molecule has 0 heterocycles. The maximum atomic E-state index is 13.1. The number of nitrogens with one attached hydrogen (secondary N) is 1. The third kappa shape index (κ3) is 6.22. The van der Waals surface area contributed by atoms with Crippen molar-refractivity contribution < 1.29 is 28.7 Å². The van der Waals surface area contributed by atoms with E-state index in [1.807, 2.05) is 5.48 Å². The maximum Gasteiger partial charge on any atom is 0.431 e. The highest BCUT2D eigenvalue weighted by molar-refractivity contribution is 5.76. The topological polar surface area (TPSA) is 84.9 Å². The van der Waals surface area contributed by atoms with Crippen LogP contribution in [-0.4, -0.2) is 29.4 Å². The van der Waals surface area contributed by atoms with Crippen molar-refractivity contribution in [3.8, 4) is 0 Å². The summed E-state index contributed by atoms with van der Waals surface area (Å²) in [6.07, 6.45) is -0.828. The van der Waals surface area contributed by atoms with E-state index in [9.17, 15) is 14.0 Å². The van der Waals surface area contributed by atoms with E-state index in [4.69, 9.17) is 14.7 Å². The second kappa shape index (κ2) is 7.03. The number of hydrogen-bond acceptors (Lipinski definition) is 4. The fourth-order valence-corrected chi connectivity index (χ4v) is 1.52. The summed E-state index contributed by atoms with van der Waals surface area (Å²) in [6.45, 7) is 4.69. The molecular formula is C14H18FNO5. The number of hydroxylamine groups is 1. The fraction of sp³-hybridized carbons (Fsp3) is 0.429. The summed E-state index contributed by atoms with van der Waals surface area (Å²) in [5, 5.41) is 9.12. The molecule has 1 aromatic rings. The van der Waals surface area contributed by atoms with Crippen LogP contribution in [0.5, 0.6) is 0 Å². The molecule has 0 aliphatic rings. The standard InChI is InChI=1S/C14H18FNO5/c1-14(2,3)21-13(19)16-20-8-11(12(17)18)9-5-4-6-10(15)7-9/h4-7,11H,8H2,1-3H3,(H,16,19)(H,17,18). The molecule has 1 aromatic carbocycles. The van der Waals surface area contributed by atoms with E-state index in [1.165, 1.54) is 18.2 Å². The van der Waals surface area contributed by atoms with Crippen LogP contribution in [0.2, 0.25) is 0 Å². The van der Waals surface area contributed by atoms with E-state index in [2.05, 4.69) is 0 Å². The van der Waals surface area contributed by atoms with Crippen LogP contribution in [0.4, 0.5) is 9.18 Å². The number of hydrogen-bond donors (Lipinski definition) is 2. The molecule has 21 heavy (non-hydrogen) atoms. The number of carbonyl (C=O) groups excluding carboxylic acids is 1. The molecule has 0 saturated heterocycles. The summed E-state index contributed by atoms with van der Waals surface area (Å²) >= 11 is 0. The summed E-state index contributed by atoms with van der Waals surface area (Å²) in [5.41, 5.74) is 1.54. The number of aliphatic carboxylic acids is 1. The van der Waals surface area contributed by atoms with Gasteiger partial charge in [-0.25, -0.2) is 9.18 Å². The first kappa shape index (κ1) is 16.9. The van der Waals surface area contributed by atoms with E-state index in [0.29, 0.717) is 0 Å². The van der Waals surface area contributed by atoms with Gasteiger partial charge in [0.25, 0.3) is 0 Å². The molecule has 7 heteroatoms. The summed E-state index contributed by atoms with van der Waals surface area (Å²) in [7, 11) is 0. The zero-order chi connectivity index (χ0) is 16.0. The minimum Gasteiger partial charge on any atom is -0.481 e. The van der Waals surface area contributed by atoms with E-state index in [1.54, 1.807) is 20.8 Å². The number of amides is 1. The Morgan fingerprint density at radius 1 is 1.38 bits per heavy atom. The Morgan fingerprint density at radius 3 is 2.57 bits per heavy atom. The van der Waals surface area contributed by atoms with Gasteiger partial charge >= 0.3 is 12.1 Å². The number of carboxylic acid groups (broad SMARTS) is 1. The molecule has 1 unspecified atom stereocenters. The first-order chi connectivity index (χ1) is 9.69. The second-order valence-electron chi connectivity index (χ2n) is 5.36. The minimum atomic E-state index is -1.19. The Hall–Kier alpha value is -2.15. The van der Waals surface area contributed by atoms with Crippen LogP contribution in [0.15, 0.2) is 24.3 Å². The lowest BCUT2D eigenvalue weighted by Crippen LogP contribution is -2.34. The summed E-state index contributed by atoms with van der Waals surface area (Å²) in [4.78, 5) is 27.3. The molecule has 6 nitrogen and oxygen atoms in total. The van der Waals surface area contributed by atoms with E-state index < -0.39 is 29.4 Å². The van der Waals surface area contributed by atoms with Gasteiger partial charge in [-0.15, -0.1) is 0 Å². The highest BCUT2D eigenvalue weighted by atomic mass is 19.1. The molecule has 0 aliphatic carbocycles. The average molecular weight is 299 g/mol. The number of benzene rings is 1. The molecule has 1 rings (SSSR count). The minimum absolute atomic E-state index is 0.244. The molecular weight excluding hydrogens is 281 g/mol. The molecule has 0 aromatic heterocycles. The Balaban J connectivity index is 2.57. The Morgan fingerprint density at radius 2 is 2.05 bits per heavy atom. The van der Waals surface area contributed by atoms with Crippen LogP contribution in [0.3, 0.4) is 0 Å². The highest BCUT2D eigenvalue weighted by Crippen LogP contribution is 2.17. The van der Waals surface area contributed by atoms with Crippen LogP contribution in [0.25, 0.3) is 0 Å². The van der Waals surface area contributed by atoms with Crippen molar-refractivity contribution in [3.63, 3.8) is 0 Å². The predicted octanol–water partition coefficient (Wildman–Crippen LogP) is 2.45. The van der Waals surface area contributed by atoms with Gasteiger partial charge in [0, 0.05) is 0 Å². The molecule has 0 fully saturated rings. The van der Waals surface area contributed by atoms with E-state index >= 15 is 0 Å². The number of halogens is 1. The van der Waals surface area contributed by atoms with E-state index in [-0.39, 0.29) is 12.2 Å². The van der Waals surface area contributed by atoms with Crippen molar-refractivity contribution in [2.24, 2.45) is 0 Å². The molecule has 0 radical (unpaired) electrons. The smallest absolute Gasteiger partial charge is 0.431 e. The predicted molar refractivity (Wildman–Crippen MR) is 72.1 cm³/mol. The second-order valence-corrected chi connectivity index (χ2v) is 5.36. The van der Waals surface area contributed by atoms with Gasteiger partial charge in [0.1, 0.15) is 17.3 Å². The van der Waals surface area contributed by atoms with Crippen LogP contribution >= 0.6 is 0 Å². The van der Waals surface area contributed by atoms with Crippen LogP contribution in [-0.2, 0) is 14.4 Å². The van der Waals surface area contributed by atoms with Gasteiger partial charge in [0.15, 0.2) is 0 Å². The first-order valence-corrected chi connectivity index (χ1v) is 6.28. The molecule has 0 aliphatic heterocycles. The van der Waals surface area contributed by atoms with Gasteiger partial charge < -0.3 is 9.84 Å². The first-order valence-electron chi connectivity index (χ1n) is 6.28. The number of carbonyl (C=O) groups is 2. The third-order valence-electron chi connectivity index (χ3n) is 2.35. The highest BCUT2D eigenvalue weighted by Gasteiger charge is 2.22. The van der Waals surface area contributed by atoms with E-state index in [0.717, 1.165) is 6.07 Å². The van der Waals surface area contributed by atoms with Crippen molar-refractivity contribution in [1.82, 2.24) is 5.48 Å². The Kier molecular flexibility index (Phi) is 5.66. The summed E-state index contributed by atoms with van der Waals surface area (Å²) < 4.78 is 18.0. The Bertz CT molecular complexity index is 512. The lowest BCUT2D eigenvalue weighted by Gasteiger charge is -2.20. The molecule has 0 saturated carbocycles. The molecule has 2 N–H and O–H groups in total.